The number of rotatable bonds is 6. The van der Waals surface area contributed by atoms with Gasteiger partial charge in [-0.1, -0.05) is 29.8 Å². The predicted octanol–water partition coefficient (Wildman–Crippen LogP) is 2.53. The normalized spacial score (nSPS) is 10.5. The van der Waals surface area contributed by atoms with Crippen LogP contribution in [0.4, 0.5) is 0 Å². The number of hydrazone groups is 1. The van der Waals surface area contributed by atoms with Crippen molar-refractivity contribution in [2.75, 3.05) is 13.7 Å². The third-order valence-corrected chi connectivity index (χ3v) is 2.89. The maximum Gasteiger partial charge on any atom is 0.277 e. The van der Waals surface area contributed by atoms with E-state index >= 15 is 0 Å². The van der Waals surface area contributed by atoms with Gasteiger partial charge in [-0.3, -0.25) is 4.79 Å². The fourth-order valence-electron chi connectivity index (χ4n) is 1.72. The van der Waals surface area contributed by atoms with Gasteiger partial charge in [-0.25, -0.2) is 5.43 Å². The van der Waals surface area contributed by atoms with Crippen molar-refractivity contribution in [2.45, 2.75) is 6.92 Å². The lowest BCUT2D eigenvalue weighted by molar-refractivity contribution is -0.123. The van der Waals surface area contributed by atoms with Crippen molar-refractivity contribution in [2.24, 2.45) is 5.10 Å². The van der Waals surface area contributed by atoms with Gasteiger partial charge in [0.1, 0.15) is 11.5 Å². The molecule has 0 spiro atoms. The van der Waals surface area contributed by atoms with E-state index in [0.29, 0.717) is 5.75 Å². The van der Waals surface area contributed by atoms with Crippen LogP contribution in [0.25, 0.3) is 0 Å². The molecule has 0 aliphatic carbocycles. The van der Waals surface area contributed by atoms with Crippen molar-refractivity contribution in [3.63, 3.8) is 0 Å². The standard InChI is InChI=1S/C17H18N2O3/c1-13-6-8-15(9-7-13)22-12-17(20)19-18-11-14-4-3-5-16(10-14)21-2/h3-11H,12H2,1-2H3,(H,19,20). The van der Waals surface area contributed by atoms with Crippen LogP contribution in [-0.4, -0.2) is 25.8 Å². The van der Waals surface area contributed by atoms with E-state index in [1.807, 2.05) is 55.5 Å². The smallest absolute Gasteiger partial charge is 0.277 e. The van der Waals surface area contributed by atoms with Crippen LogP contribution in [0, 0.1) is 6.92 Å². The third-order valence-electron chi connectivity index (χ3n) is 2.89. The van der Waals surface area contributed by atoms with Crippen LogP contribution in [-0.2, 0) is 4.79 Å². The molecule has 2 rings (SSSR count). The lowest BCUT2D eigenvalue weighted by Crippen LogP contribution is -2.24. The molecule has 0 saturated carbocycles. The van der Waals surface area contributed by atoms with E-state index in [4.69, 9.17) is 9.47 Å². The van der Waals surface area contributed by atoms with Crippen molar-refractivity contribution in [3.05, 3.63) is 59.7 Å². The highest BCUT2D eigenvalue weighted by Gasteiger charge is 2.01. The number of carbonyl (C=O) groups excluding carboxylic acids is 1. The number of amides is 1. The molecule has 2 aromatic rings. The second kappa shape index (κ2) is 7.83. The summed E-state index contributed by atoms with van der Waals surface area (Å²) in [6.45, 7) is 1.91. The lowest BCUT2D eigenvalue weighted by Gasteiger charge is -2.05. The summed E-state index contributed by atoms with van der Waals surface area (Å²) in [5.74, 6) is 1.07. The zero-order chi connectivity index (χ0) is 15.8. The first-order valence-electron chi connectivity index (χ1n) is 6.83. The van der Waals surface area contributed by atoms with Gasteiger partial charge in [-0.15, -0.1) is 0 Å². The van der Waals surface area contributed by atoms with Crippen LogP contribution in [0.5, 0.6) is 11.5 Å². The number of benzene rings is 2. The molecule has 2 aromatic carbocycles. The second-order valence-corrected chi connectivity index (χ2v) is 4.67. The Balaban J connectivity index is 1.79. The van der Waals surface area contributed by atoms with Gasteiger partial charge in [0.2, 0.25) is 0 Å². The Morgan fingerprint density at radius 3 is 2.68 bits per heavy atom. The number of ether oxygens (including phenoxy) is 2. The van der Waals surface area contributed by atoms with E-state index in [-0.39, 0.29) is 12.5 Å². The molecule has 0 aliphatic heterocycles. The molecule has 0 unspecified atom stereocenters. The molecule has 114 valence electrons. The van der Waals surface area contributed by atoms with Gasteiger partial charge in [0, 0.05) is 0 Å². The zero-order valence-electron chi connectivity index (χ0n) is 12.6. The molecule has 0 fully saturated rings. The Morgan fingerprint density at radius 1 is 1.18 bits per heavy atom. The SMILES string of the molecule is COc1cccc(C=NNC(=O)COc2ccc(C)cc2)c1. The maximum atomic E-state index is 11.6. The highest BCUT2D eigenvalue weighted by atomic mass is 16.5. The summed E-state index contributed by atoms with van der Waals surface area (Å²) < 4.78 is 10.5. The summed E-state index contributed by atoms with van der Waals surface area (Å²) in [5.41, 5.74) is 4.39. The number of nitrogens with zero attached hydrogens (tertiary/aromatic N) is 1. The van der Waals surface area contributed by atoms with Crippen LogP contribution in [0.15, 0.2) is 53.6 Å². The number of nitrogens with one attached hydrogen (secondary N) is 1. The van der Waals surface area contributed by atoms with E-state index in [9.17, 15) is 4.79 Å². The summed E-state index contributed by atoms with van der Waals surface area (Å²) in [4.78, 5) is 11.6. The van der Waals surface area contributed by atoms with Gasteiger partial charge in [-0.05, 0) is 36.8 Å². The lowest BCUT2D eigenvalue weighted by atomic mass is 10.2. The van der Waals surface area contributed by atoms with Crippen LogP contribution >= 0.6 is 0 Å². The average molecular weight is 298 g/mol. The minimum Gasteiger partial charge on any atom is -0.497 e. The molecule has 1 amide bonds. The van der Waals surface area contributed by atoms with Crippen LogP contribution in [0.3, 0.4) is 0 Å². The first kappa shape index (κ1) is 15.6. The van der Waals surface area contributed by atoms with E-state index in [1.54, 1.807) is 13.3 Å². The van der Waals surface area contributed by atoms with E-state index in [2.05, 4.69) is 10.5 Å². The summed E-state index contributed by atoms with van der Waals surface area (Å²) in [7, 11) is 1.60. The number of hydrogen-bond donors (Lipinski definition) is 1. The number of hydrogen-bond acceptors (Lipinski definition) is 4. The molecule has 22 heavy (non-hydrogen) atoms. The summed E-state index contributed by atoms with van der Waals surface area (Å²) in [5, 5.41) is 3.88. The molecule has 0 aromatic heterocycles. The third kappa shape index (κ3) is 4.94. The Morgan fingerprint density at radius 2 is 1.95 bits per heavy atom. The van der Waals surface area contributed by atoms with E-state index < -0.39 is 0 Å². The topological polar surface area (TPSA) is 59.9 Å². The average Bonchev–Trinajstić information content (AvgIpc) is 2.54. The quantitative estimate of drug-likeness (QED) is 0.658. The fourth-order valence-corrected chi connectivity index (χ4v) is 1.72. The monoisotopic (exact) mass is 298 g/mol. The summed E-state index contributed by atoms with van der Waals surface area (Å²) in [6, 6.07) is 14.9. The molecule has 0 atom stereocenters. The van der Waals surface area contributed by atoms with Crippen molar-refractivity contribution in [1.82, 2.24) is 5.43 Å². The molecule has 0 bridgehead atoms. The van der Waals surface area contributed by atoms with Gasteiger partial charge < -0.3 is 9.47 Å². The van der Waals surface area contributed by atoms with Crippen LogP contribution in [0.2, 0.25) is 0 Å². The fraction of sp³-hybridized carbons (Fsp3) is 0.176. The van der Waals surface area contributed by atoms with Crippen LogP contribution in [0.1, 0.15) is 11.1 Å². The molecule has 0 saturated heterocycles. The number of carbonyl (C=O) groups is 1. The molecule has 0 aliphatic rings. The summed E-state index contributed by atoms with van der Waals surface area (Å²) >= 11 is 0. The first-order chi connectivity index (χ1) is 10.7. The number of methoxy groups -OCH3 is 1. The predicted molar refractivity (Wildman–Crippen MR) is 85.4 cm³/mol. The van der Waals surface area contributed by atoms with Gasteiger partial charge in [0.25, 0.3) is 5.91 Å². The molecule has 5 nitrogen and oxygen atoms in total. The molecule has 5 heteroatoms. The highest BCUT2D eigenvalue weighted by Crippen LogP contribution is 2.11. The minimum absolute atomic E-state index is 0.0848. The molecular weight excluding hydrogens is 280 g/mol. The second-order valence-electron chi connectivity index (χ2n) is 4.67. The van der Waals surface area contributed by atoms with Gasteiger partial charge in [-0.2, -0.15) is 5.10 Å². The highest BCUT2D eigenvalue weighted by molar-refractivity contribution is 5.83. The Hall–Kier alpha value is -2.82. The Kier molecular flexibility index (Phi) is 5.54. The Labute approximate surface area is 129 Å². The van der Waals surface area contributed by atoms with Crippen LogP contribution < -0.4 is 14.9 Å². The summed E-state index contributed by atoms with van der Waals surface area (Å²) in [6.07, 6.45) is 1.55. The molecule has 0 heterocycles. The minimum atomic E-state index is -0.320. The van der Waals surface area contributed by atoms with Crippen molar-refractivity contribution in [1.29, 1.82) is 0 Å². The van der Waals surface area contributed by atoms with E-state index in [0.717, 1.165) is 16.9 Å². The van der Waals surface area contributed by atoms with Crippen molar-refractivity contribution in [3.8, 4) is 11.5 Å². The van der Waals surface area contributed by atoms with Crippen molar-refractivity contribution >= 4 is 12.1 Å². The molecule has 0 radical (unpaired) electrons. The van der Waals surface area contributed by atoms with Gasteiger partial charge in [0.05, 0.1) is 13.3 Å². The number of aryl methyl sites for hydroxylation is 1. The maximum absolute atomic E-state index is 11.6. The largest absolute Gasteiger partial charge is 0.497 e. The Bertz CT molecular complexity index is 651. The first-order valence-corrected chi connectivity index (χ1v) is 6.83. The zero-order valence-corrected chi connectivity index (χ0v) is 12.6. The van der Waals surface area contributed by atoms with E-state index in [1.165, 1.54) is 0 Å². The molecule has 1 N–H and O–H groups in total. The van der Waals surface area contributed by atoms with Gasteiger partial charge in [0.15, 0.2) is 6.61 Å². The molecular formula is C17H18N2O3. The van der Waals surface area contributed by atoms with Gasteiger partial charge >= 0.3 is 0 Å². The van der Waals surface area contributed by atoms with Crippen molar-refractivity contribution < 1.29 is 14.3 Å².